The monoisotopic (exact) mass is 309 g/mol. The zero-order chi connectivity index (χ0) is 15.7. The fourth-order valence-corrected chi connectivity index (χ4v) is 3.62. The molecule has 118 valence electrons. The number of likely N-dealkylation sites (N-methyl/N-ethyl adjacent to an activating group) is 1. The largest absolute Gasteiger partial charge is 0.464 e. The quantitative estimate of drug-likeness (QED) is 0.560. The molecule has 1 atom stereocenters. The van der Waals surface area contributed by atoms with Gasteiger partial charge < -0.3 is 10.1 Å². The summed E-state index contributed by atoms with van der Waals surface area (Å²) in [4.78, 5) is 12.5. The number of nitrogens with one attached hydrogen (secondary N) is 1. The van der Waals surface area contributed by atoms with Crippen LogP contribution in [0.15, 0.2) is 30.3 Å². The molecule has 4 heteroatoms. The molecule has 0 spiro atoms. The Morgan fingerprint density at radius 1 is 1.33 bits per heavy atom. The van der Waals surface area contributed by atoms with Gasteiger partial charge in [0, 0.05) is 5.75 Å². The molecule has 1 unspecified atom stereocenters. The summed E-state index contributed by atoms with van der Waals surface area (Å²) in [6.45, 7) is 6.67. The van der Waals surface area contributed by atoms with Crippen LogP contribution in [0.4, 0.5) is 0 Å². The van der Waals surface area contributed by atoms with Crippen LogP contribution >= 0.6 is 11.8 Å². The van der Waals surface area contributed by atoms with E-state index in [0.29, 0.717) is 18.3 Å². The lowest BCUT2D eigenvalue weighted by molar-refractivity contribution is -0.150. The van der Waals surface area contributed by atoms with Crippen molar-refractivity contribution in [3.63, 3.8) is 0 Å². The molecule has 0 saturated heterocycles. The zero-order valence-corrected chi connectivity index (χ0v) is 14.3. The highest BCUT2D eigenvalue weighted by Crippen LogP contribution is 2.28. The van der Waals surface area contributed by atoms with Gasteiger partial charge in [-0.2, -0.15) is 11.8 Å². The molecule has 0 aliphatic rings. The van der Waals surface area contributed by atoms with Crippen molar-refractivity contribution in [2.45, 2.75) is 32.7 Å². The highest BCUT2D eigenvalue weighted by Gasteiger charge is 2.40. The van der Waals surface area contributed by atoms with Crippen LogP contribution in [0, 0.1) is 5.92 Å². The number of benzene rings is 1. The van der Waals surface area contributed by atoms with Crippen molar-refractivity contribution in [2.75, 3.05) is 25.2 Å². The number of thioether (sulfide) groups is 1. The zero-order valence-electron chi connectivity index (χ0n) is 13.5. The topological polar surface area (TPSA) is 38.3 Å². The molecular weight excluding hydrogens is 282 g/mol. The third-order valence-electron chi connectivity index (χ3n) is 3.48. The van der Waals surface area contributed by atoms with Gasteiger partial charge in [0.15, 0.2) is 5.54 Å². The third-order valence-corrected chi connectivity index (χ3v) is 4.64. The lowest BCUT2D eigenvalue weighted by Crippen LogP contribution is -2.50. The van der Waals surface area contributed by atoms with E-state index in [0.717, 1.165) is 17.7 Å². The molecule has 1 N–H and O–H groups in total. The molecule has 0 radical (unpaired) electrons. The standard InChI is InChI=1S/C17H27NO2S/c1-5-20-16(19)17(18-4,13-21-12-11-14(2)3)15-9-7-6-8-10-15/h6-10,14,18H,5,11-13H2,1-4H3. The molecule has 0 amide bonds. The minimum Gasteiger partial charge on any atom is -0.464 e. The van der Waals surface area contributed by atoms with E-state index in [-0.39, 0.29) is 5.97 Å². The molecule has 21 heavy (non-hydrogen) atoms. The van der Waals surface area contributed by atoms with Crippen molar-refractivity contribution in [3.05, 3.63) is 35.9 Å². The molecule has 1 aromatic rings. The summed E-state index contributed by atoms with van der Waals surface area (Å²) in [5.41, 5.74) is 0.196. The molecule has 0 heterocycles. The van der Waals surface area contributed by atoms with Crippen molar-refractivity contribution in [2.24, 2.45) is 5.92 Å². The molecule has 0 bridgehead atoms. The Hall–Kier alpha value is -1.00. The smallest absolute Gasteiger partial charge is 0.331 e. The predicted octanol–water partition coefficient (Wildman–Crippen LogP) is 3.44. The molecular formula is C17H27NO2S. The minimum absolute atomic E-state index is 0.198. The molecule has 0 saturated carbocycles. The van der Waals surface area contributed by atoms with E-state index in [9.17, 15) is 4.79 Å². The van der Waals surface area contributed by atoms with Crippen LogP contribution in [0.3, 0.4) is 0 Å². The number of hydrogen-bond acceptors (Lipinski definition) is 4. The predicted molar refractivity (Wildman–Crippen MR) is 90.6 cm³/mol. The van der Waals surface area contributed by atoms with Crippen LogP contribution in [-0.4, -0.2) is 31.1 Å². The number of carbonyl (C=O) groups excluding carboxylic acids is 1. The number of esters is 1. The van der Waals surface area contributed by atoms with Gasteiger partial charge in [-0.05, 0) is 37.6 Å². The average Bonchev–Trinajstić information content (AvgIpc) is 2.48. The summed E-state index contributed by atoms with van der Waals surface area (Å²) in [6, 6.07) is 9.84. The lowest BCUT2D eigenvalue weighted by Gasteiger charge is -2.31. The van der Waals surface area contributed by atoms with Crippen molar-refractivity contribution in [1.82, 2.24) is 5.32 Å². The molecule has 1 aromatic carbocycles. The van der Waals surface area contributed by atoms with Crippen molar-refractivity contribution < 1.29 is 9.53 Å². The van der Waals surface area contributed by atoms with Gasteiger partial charge >= 0.3 is 5.97 Å². The first kappa shape index (κ1) is 18.1. The van der Waals surface area contributed by atoms with Gasteiger partial charge in [0.2, 0.25) is 0 Å². The Balaban J connectivity index is 2.90. The van der Waals surface area contributed by atoms with Crippen LogP contribution < -0.4 is 5.32 Å². The first-order valence-corrected chi connectivity index (χ1v) is 8.71. The summed E-state index contributed by atoms with van der Waals surface area (Å²) in [5.74, 6) is 2.21. The van der Waals surface area contributed by atoms with Crippen molar-refractivity contribution >= 4 is 17.7 Å². The number of carbonyl (C=O) groups is 1. The van der Waals surface area contributed by atoms with Crippen LogP contribution in [0.1, 0.15) is 32.8 Å². The second-order valence-corrected chi connectivity index (χ2v) is 6.58. The van der Waals surface area contributed by atoms with Gasteiger partial charge in [-0.15, -0.1) is 0 Å². The summed E-state index contributed by atoms with van der Waals surface area (Å²) in [6.07, 6.45) is 1.15. The maximum atomic E-state index is 12.5. The van der Waals surface area contributed by atoms with Gasteiger partial charge in [0.05, 0.1) is 6.61 Å². The van der Waals surface area contributed by atoms with Crippen LogP contribution in [0.25, 0.3) is 0 Å². The molecule has 0 aliphatic heterocycles. The highest BCUT2D eigenvalue weighted by molar-refractivity contribution is 7.99. The molecule has 3 nitrogen and oxygen atoms in total. The molecule has 0 fully saturated rings. The number of hydrogen-bond donors (Lipinski definition) is 1. The van der Waals surface area contributed by atoms with Crippen molar-refractivity contribution in [1.29, 1.82) is 0 Å². The molecule has 0 aliphatic carbocycles. The molecule has 0 aromatic heterocycles. The first-order valence-electron chi connectivity index (χ1n) is 7.56. The minimum atomic E-state index is -0.765. The van der Waals surface area contributed by atoms with Gasteiger partial charge in [-0.1, -0.05) is 44.2 Å². The summed E-state index contributed by atoms with van der Waals surface area (Å²) in [7, 11) is 1.83. The Kier molecular flexibility index (Phi) is 7.83. The second-order valence-electron chi connectivity index (χ2n) is 5.48. The summed E-state index contributed by atoms with van der Waals surface area (Å²) >= 11 is 1.80. The fourth-order valence-electron chi connectivity index (χ4n) is 2.10. The number of ether oxygens (including phenoxy) is 1. The van der Waals surface area contributed by atoms with E-state index in [1.54, 1.807) is 11.8 Å². The fraction of sp³-hybridized carbons (Fsp3) is 0.588. The maximum Gasteiger partial charge on any atom is 0.331 e. The lowest BCUT2D eigenvalue weighted by atomic mass is 9.92. The Bertz CT molecular complexity index is 422. The van der Waals surface area contributed by atoms with Crippen LogP contribution in [0.2, 0.25) is 0 Å². The highest BCUT2D eigenvalue weighted by atomic mass is 32.2. The first-order chi connectivity index (χ1) is 10.1. The van der Waals surface area contributed by atoms with Crippen LogP contribution in [-0.2, 0) is 15.1 Å². The van der Waals surface area contributed by atoms with Crippen LogP contribution in [0.5, 0.6) is 0 Å². The van der Waals surface area contributed by atoms with Gasteiger partial charge in [-0.3, -0.25) is 0 Å². The van der Waals surface area contributed by atoms with Gasteiger partial charge in [0.25, 0.3) is 0 Å². The van der Waals surface area contributed by atoms with E-state index >= 15 is 0 Å². The third kappa shape index (κ3) is 5.04. The van der Waals surface area contributed by atoms with Gasteiger partial charge in [0.1, 0.15) is 0 Å². The summed E-state index contributed by atoms with van der Waals surface area (Å²) < 4.78 is 5.32. The van der Waals surface area contributed by atoms with Crippen molar-refractivity contribution in [3.8, 4) is 0 Å². The van der Waals surface area contributed by atoms with Gasteiger partial charge in [-0.25, -0.2) is 4.79 Å². The van der Waals surface area contributed by atoms with E-state index in [1.165, 1.54) is 0 Å². The molecule has 1 rings (SSSR count). The van der Waals surface area contributed by atoms with E-state index in [4.69, 9.17) is 4.74 Å². The maximum absolute atomic E-state index is 12.5. The summed E-state index contributed by atoms with van der Waals surface area (Å²) in [5, 5.41) is 3.21. The Morgan fingerprint density at radius 3 is 2.52 bits per heavy atom. The Labute approximate surface area is 132 Å². The van der Waals surface area contributed by atoms with E-state index in [2.05, 4.69) is 19.2 Å². The Morgan fingerprint density at radius 2 is 2.00 bits per heavy atom. The normalized spacial score (nSPS) is 14.0. The van der Waals surface area contributed by atoms with E-state index in [1.807, 2.05) is 44.3 Å². The number of rotatable bonds is 9. The second kappa shape index (κ2) is 9.11. The van der Waals surface area contributed by atoms with E-state index < -0.39 is 5.54 Å². The SMILES string of the molecule is CCOC(=O)C(CSCCC(C)C)(NC)c1ccccc1. The average molecular weight is 309 g/mol.